The number of rotatable bonds is 4. The van der Waals surface area contributed by atoms with Crippen LogP contribution in [0.1, 0.15) is 35.9 Å². The molecule has 0 radical (unpaired) electrons. The summed E-state index contributed by atoms with van der Waals surface area (Å²) >= 11 is 0. The molecule has 168 valence electrons. The number of pyridine rings is 1. The Hall–Kier alpha value is -3.28. The zero-order valence-corrected chi connectivity index (χ0v) is 17.9. The second-order valence-corrected chi connectivity index (χ2v) is 9.68. The average molecular weight is 464 g/mol. The van der Waals surface area contributed by atoms with E-state index in [0.29, 0.717) is 16.8 Å². The van der Waals surface area contributed by atoms with E-state index in [4.69, 9.17) is 5.73 Å². The average Bonchev–Trinajstić information content (AvgIpc) is 2.72. The molecule has 1 aliphatic rings. The van der Waals surface area contributed by atoms with Crippen LogP contribution in [-0.4, -0.2) is 46.4 Å². The van der Waals surface area contributed by atoms with Gasteiger partial charge in [0.1, 0.15) is 22.6 Å². The van der Waals surface area contributed by atoms with Gasteiger partial charge in [0.2, 0.25) is 16.0 Å². The summed E-state index contributed by atoms with van der Waals surface area (Å²) in [7, 11) is -2.49. The minimum atomic E-state index is -3.78. The number of fused-ring (bicyclic) bond motifs is 1. The van der Waals surface area contributed by atoms with Gasteiger partial charge < -0.3 is 5.73 Å². The Morgan fingerprint density at radius 2 is 2.00 bits per heavy atom. The van der Waals surface area contributed by atoms with Gasteiger partial charge in [0.25, 0.3) is 6.43 Å². The number of alkyl halides is 2. The first kappa shape index (κ1) is 21.9. The van der Waals surface area contributed by atoms with Crippen LogP contribution in [-0.2, 0) is 22.0 Å². The minimum absolute atomic E-state index is 0.0703. The Bertz CT molecular complexity index is 1350. The van der Waals surface area contributed by atoms with Crippen LogP contribution in [0.2, 0.25) is 0 Å². The quantitative estimate of drug-likeness (QED) is 0.635. The molecule has 0 unspecified atom stereocenters. The number of hydrogen-bond acceptors (Lipinski definition) is 7. The molecule has 4 rings (SSSR count). The van der Waals surface area contributed by atoms with Crippen LogP contribution >= 0.6 is 0 Å². The third-order valence-electron chi connectivity index (χ3n) is 5.33. The Kier molecular flexibility index (Phi) is 5.27. The van der Waals surface area contributed by atoms with E-state index in [0.717, 1.165) is 10.5 Å². The van der Waals surface area contributed by atoms with Crippen molar-refractivity contribution >= 4 is 27.0 Å². The lowest BCUT2D eigenvalue weighted by atomic mass is 9.91. The molecule has 0 fully saturated rings. The topological polar surface area (TPSA) is 114 Å². The molecule has 0 spiro atoms. The molecule has 0 amide bonds. The summed E-state index contributed by atoms with van der Waals surface area (Å²) in [6, 6.07) is 5.74. The number of guanidine groups is 1. The van der Waals surface area contributed by atoms with Gasteiger partial charge in [-0.1, -0.05) is 12.1 Å². The molecule has 2 N–H and O–H groups in total. The lowest BCUT2D eigenvalue weighted by molar-refractivity contribution is 0.146. The third kappa shape index (κ3) is 3.85. The predicted molar refractivity (Wildman–Crippen MR) is 112 cm³/mol. The molecule has 1 aromatic carbocycles. The van der Waals surface area contributed by atoms with Gasteiger partial charge >= 0.3 is 0 Å². The van der Waals surface area contributed by atoms with E-state index in [-0.39, 0.29) is 23.5 Å². The lowest BCUT2D eigenvalue weighted by Gasteiger charge is -2.34. The second-order valence-electron chi connectivity index (χ2n) is 7.68. The van der Waals surface area contributed by atoms with Gasteiger partial charge in [-0.25, -0.2) is 35.9 Å². The Balaban J connectivity index is 1.75. The number of nitrogens with two attached hydrogens (primary N) is 1. The summed E-state index contributed by atoms with van der Waals surface area (Å²) in [5.41, 5.74) is 5.65. The van der Waals surface area contributed by atoms with Gasteiger partial charge in [0.05, 0.1) is 23.2 Å². The maximum atomic E-state index is 14.8. The van der Waals surface area contributed by atoms with Gasteiger partial charge in [0.15, 0.2) is 0 Å². The van der Waals surface area contributed by atoms with Crippen molar-refractivity contribution in [2.75, 3.05) is 12.8 Å². The highest BCUT2D eigenvalue weighted by atomic mass is 32.2. The molecule has 8 nitrogen and oxygen atoms in total. The number of halogens is 3. The number of sulfonamides is 1. The van der Waals surface area contributed by atoms with Crippen molar-refractivity contribution in [3.8, 4) is 0 Å². The van der Waals surface area contributed by atoms with Crippen LogP contribution in [0.4, 0.5) is 13.2 Å². The first-order chi connectivity index (χ1) is 15.0. The van der Waals surface area contributed by atoms with Gasteiger partial charge in [-0.05, 0) is 24.6 Å². The fraction of sp³-hybridized carbons (Fsp3) is 0.300. The van der Waals surface area contributed by atoms with E-state index in [1.807, 2.05) is 0 Å². The zero-order valence-electron chi connectivity index (χ0n) is 17.1. The highest BCUT2D eigenvalue weighted by Gasteiger charge is 2.41. The van der Waals surface area contributed by atoms with Crippen molar-refractivity contribution in [1.29, 1.82) is 0 Å². The standard InChI is InChI=1S/C20H19F3N6O2S/c1-20(10-32(30,31)29(2)19(24)28-20)12-7-11(3-4-13(12)21)8-15-17-14(5-6-25-15)27-16(9-26-17)18(22)23/h3-7,9,18H,8,10H2,1-2H3,(H2,24,28)/t20-/m0/s1. The van der Waals surface area contributed by atoms with Gasteiger partial charge in [-0.15, -0.1) is 0 Å². The highest BCUT2D eigenvalue weighted by Crippen LogP contribution is 2.34. The maximum absolute atomic E-state index is 14.8. The summed E-state index contributed by atoms with van der Waals surface area (Å²) < 4.78 is 66.4. The SMILES string of the molecule is CN1C(N)=N[C@](C)(c2cc(Cc3nccc4nc(C(F)F)cnc34)ccc2F)CS1(=O)=O. The number of aromatic nitrogens is 3. The monoisotopic (exact) mass is 464 g/mol. The Labute approximate surface area is 182 Å². The fourth-order valence-corrected chi connectivity index (χ4v) is 5.08. The van der Waals surface area contributed by atoms with Crippen LogP contribution < -0.4 is 5.73 Å². The number of aliphatic imine (C=N–C) groups is 1. The summed E-state index contributed by atoms with van der Waals surface area (Å²) in [5.74, 6) is -1.31. The molecule has 0 bridgehead atoms. The van der Waals surface area contributed by atoms with Crippen molar-refractivity contribution < 1.29 is 21.6 Å². The first-order valence-corrected chi connectivity index (χ1v) is 11.1. The van der Waals surface area contributed by atoms with Crippen LogP contribution in [0.5, 0.6) is 0 Å². The fourth-order valence-electron chi connectivity index (χ4n) is 3.63. The van der Waals surface area contributed by atoms with E-state index in [9.17, 15) is 21.6 Å². The van der Waals surface area contributed by atoms with Gasteiger partial charge in [0, 0.05) is 25.2 Å². The van der Waals surface area contributed by atoms with Crippen LogP contribution in [0.25, 0.3) is 11.0 Å². The van der Waals surface area contributed by atoms with Crippen LogP contribution in [0.3, 0.4) is 0 Å². The summed E-state index contributed by atoms with van der Waals surface area (Å²) in [4.78, 5) is 16.5. The second kappa shape index (κ2) is 7.69. The molecule has 12 heteroatoms. The van der Waals surface area contributed by atoms with Crippen molar-refractivity contribution in [1.82, 2.24) is 19.3 Å². The summed E-state index contributed by atoms with van der Waals surface area (Å²) in [6.45, 7) is 1.50. The van der Waals surface area contributed by atoms with Crippen molar-refractivity contribution in [2.45, 2.75) is 25.3 Å². The van der Waals surface area contributed by atoms with Crippen molar-refractivity contribution in [3.05, 3.63) is 65.0 Å². The zero-order chi connectivity index (χ0) is 23.3. The molecular formula is C20H19F3N6O2S. The largest absolute Gasteiger partial charge is 0.369 e. The molecule has 0 saturated carbocycles. The molecule has 1 atom stereocenters. The summed E-state index contributed by atoms with van der Waals surface area (Å²) in [5, 5.41) is 0. The minimum Gasteiger partial charge on any atom is -0.369 e. The lowest BCUT2D eigenvalue weighted by Crippen LogP contribution is -2.50. The third-order valence-corrected chi connectivity index (χ3v) is 7.27. The van der Waals surface area contributed by atoms with Gasteiger partial charge in [-0.3, -0.25) is 9.97 Å². The number of benzene rings is 1. The Morgan fingerprint density at radius 1 is 1.25 bits per heavy atom. The van der Waals surface area contributed by atoms with E-state index in [1.54, 1.807) is 0 Å². The molecule has 0 saturated heterocycles. The molecular weight excluding hydrogens is 445 g/mol. The molecule has 0 aliphatic carbocycles. The molecule has 3 heterocycles. The molecule has 2 aromatic heterocycles. The first-order valence-electron chi connectivity index (χ1n) is 9.50. The van der Waals surface area contributed by atoms with E-state index in [1.165, 1.54) is 44.4 Å². The normalized spacial score (nSPS) is 20.6. The highest BCUT2D eigenvalue weighted by molar-refractivity contribution is 7.89. The smallest absolute Gasteiger partial charge is 0.281 e. The molecule has 32 heavy (non-hydrogen) atoms. The number of nitrogens with zero attached hydrogens (tertiary/aromatic N) is 5. The van der Waals surface area contributed by atoms with Crippen molar-refractivity contribution in [2.24, 2.45) is 10.7 Å². The van der Waals surface area contributed by atoms with E-state index < -0.39 is 39.3 Å². The predicted octanol–water partition coefficient (Wildman–Crippen LogP) is 2.50. The van der Waals surface area contributed by atoms with Crippen LogP contribution in [0.15, 0.2) is 41.7 Å². The molecule has 3 aromatic rings. The van der Waals surface area contributed by atoms with E-state index in [2.05, 4.69) is 19.9 Å². The van der Waals surface area contributed by atoms with E-state index >= 15 is 0 Å². The number of hydrogen-bond donors (Lipinski definition) is 1. The molecule has 1 aliphatic heterocycles. The van der Waals surface area contributed by atoms with Gasteiger partial charge in [-0.2, -0.15) is 0 Å². The summed E-state index contributed by atoms with van der Waals surface area (Å²) in [6.07, 6.45) is -0.129. The van der Waals surface area contributed by atoms with Crippen molar-refractivity contribution in [3.63, 3.8) is 0 Å². The maximum Gasteiger partial charge on any atom is 0.281 e. The Morgan fingerprint density at radius 3 is 2.69 bits per heavy atom. The van der Waals surface area contributed by atoms with Crippen LogP contribution in [0, 0.1) is 5.82 Å².